The molecule has 4 heteroatoms. The molecule has 2 aromatic heterocycles. The van der Waals surface area contributed by atoms with Gasteiger partial charge in [0.05, 0.1) is 11.2 Å². The molecule has 1 aromatic carbocycles. The molecule has 0 unspecified atom stereocenters. The van der Waals surface area contributed by atoms with Gasteiger partial charge in [0.2, 0.25) is 0 Å². The zero-order chi connectivity index (χ0) is 15.0. The highest BCUT2D eigenvalue weighted by Gasteiger charge is 2.18. The summed E-state index contributed by atoms with van der Waals surface area (Å²) in [5.74, 6) is 0.566. The predicted octanol–water partition coefficient (Wildman–Crippen LogP) is 3.28. The van der Waals surface area contributed by atoms with E-state index in [1.165, 1.54) is 0 Å². The number of hydrogen-bond acceptors (Lipinski definition) is 3. The van der Waals surface area contributed by atoms with Crippen molar-refractivity contribution in [3.8, 4) is 11.4 Å². The Kier molecular flexibility index (Phi) is 3.09. The first-order valence-electron chi connectivity index (χ1n) is 6.91. The molecular formula is C17H17N3O. The van der Waals surface area contributed by atoms with Crippen molar-refractivity contribution in [3.05, 3.63) is 58.6 Å². The summed E-state index contributed by atoms with van der Waals surface area (Å²) < 4.78 is 0. The van der Waals surface area contributed by atoms with E-state index >= 15 is 0 Å². The van der Waals surface area contributed by atoms with E-state index in [-0.39, 0.29) is 11.0 Å². The van der Waals surface area contributed by atoms with E-state index in [2.05, 4.69) is 15.0 Å². The van der Waals surface area contributed by atoms with E-state index in [4.69, 9.17) is 0 Å². The molecule has 0 saturated heterocycles. The Labute approximate surface area is 122 Å². The number of nitrogens with zero attached hydrogens (tertiary/aromatic N) is 2. The maximum Gasteiger partial charge on any atom is 0.251 e. The van der Waals surface area contributed by atoms with Crippen LogP contribution in [0.15, 0.2) is 47.4 Å². The van der Waals surface area contributed by atoms with E-state index in [9.17, 15) is 4.79 Å². The number of rotatable bonds is 1. The van der Waals surface area contributed by atoms with Gasteiger partial charge >= 0.3 is 0 Å². The lowest BCUT2D eigenvalue weighted by molar-refractivity contribution is 0.566. The molecule has 0 aliphatic rings. The average Bonchev–Trinajstić information content (AvgIpc) is 2.45. The van der Waals surface area contributed by atoms with E-state index < -0.39 is 0 Å². The molecule has 0 bridgehead atoms. The van der Waals surface area contributed by atoms with Crippen molar-refractivity contribution >= 4 is 10.9 Å². The van der Waals surface area contributed by atoms with E-state index in [1.807, 2.05) is 51.1 Å². The van der Waals surface area contributed by atoms with Crippen LogP contribution < -0.4 is 5.56 Å². The first-order valence-corrected chi connectivity index (χ1v) is 6.91. The molecule has 3 rings (SSSR count). The zero-order valence-corrected chi connectivity index (χ0v) is 12.3. The zero-order valence-electron chi connectivity index (χ0n) is 12.3. The van der Waals surface area contributed by atoms with Crippen molar-refractivity contribution in [2.24, 2.45) is 0 Å². The van der Waals surface area contributed by atoms with E-state index in [1.54, 1.807) is 12.3 Å². The van der Waals surface area contributed by atoms with Gasteiger partial charge in [-0.1, -0.05) is 39.0 Å². The molecule has 1 N–H and O–H groups in total. The first-order chi connectivity index (χ1) is 9.95. The minimum Gasteiger partial charge on any atom is -0.306 e. The maximum absolute atomic E-state index is 12.0. The second-order valence-corrected chi connectivity index (χ2v) is 6.11. The summed E-state index contributed by atoms with van der Waals surface area (Å²) in [7, 11) is 0. The van der Waals surface area contributed by atoms with Crippen LogP contribution >= 0.6 is 0 Å². The third-order valence-electron chi connectivity index (χ3n) is 3.40. The molecule has 0 spiro atoms. The number of hydrogen-bond donors (Lipinski definition) is 1. The third-order valence-corrected chi connectivity index (χ3v) is 3.40. The summed E-state index contributed by atoms with van der Waals surface area (Å²) >= 11 is 0. The molecule has 0 atom stereocenters. The van der Waals surface area contributed by atoms with Gasteiger partial charge in [-0.25, -0.2) is 4.98 Å². The first kappa shape index (κ1) is 13.5. The average molecular weight is 279 g/mol. The van der Waals surface area contributed by atoms with Gasteiger partial charge in [0, 0.05) is 28.6 Å². The molecule has 106 valence electrons. The number of aromatic nitrogens is 3. The number of nitrogens with one attached hydrogen (secondary N) is 1. The number of pyridine rings is 1. The summed E-state index contributed by atoms with van der Waals surface area (Å²) in [6.45, 7) is 6.12. The van der Waals surface area contributed by atoms with Crippen LogP contribution in [0.2, 0.25) is 0 Å². The summed E-state index contributed by atoms with van der Waals surface area (Å²) in [4.78, 5) is 23.8. The Bertz CT molecular complexity index is 854. The topological polar surface area (TPSA) is 58.6 Å². The summed E-state index contributed by atoms with van der Waals surface area (Å²) in [6, 6.07) is 11.3. The Morgan fingerprint density at radius 2 is 1.86 bits per heavy atom. The fourth-order valence-electron chi connectivity index (χ4n) is 2.26. The summed E-state index contributed by atoms with van der Waals surface area (Å²) in [5.41, 5.74) is 2.14. The molecule has 21 heavy (non-hydrogen) atoms. The van der Waals surface area contributed by atoms with Crippen LogP contribution in [0.1, 0.15) is 26.5 Å². The molecule has 2 heterocycles. The van der Waals surface area contributed by atoms with Crippen molar-refractivity contribution in [2.75, 3.05) is 0 Å². The van der Waals surface area contributed by atoms with Crippen molar-refractivity contribution in [1.82, 2.24) is 15.0 Å². The normalized spacial score (nSPS) is 11.8. The highest BCUT2D eigenvalue weighted by atomic mass is 16.1. The highest BCUT2D eigenvalue weighted by Crippen LogP contribution is 2.25. The lowest BCUT2D eigenvalue weighted by Gasteiger charge is -2.18. The van der Waals surface area contributed by atoms with Gasteiger partial charge in [0.15, 0.2) is 0 Å². The Balaban J connectivity index is 2.29. The van der Waals surface area contributed by atoms with Crippen LogP contribution in [0.3, 0.4) is 0 Å². The lowest BCUT2D eigenvalue weighted by atomic mass is 9.92. The number of fused-ring (bicyclic) bond motifs is 1. The van der Waals surface area contributed by atoms with Gasteiger partial charge in [-0.3, -0.25) is 9.78 Å². The minimum atomic E-state index is -0.180. The number of aromatic amines is 1. The molecule has 0 saturated carbocycles. The fraction of sp³-hybridized carbons (Fsp3) is 0.235. The van der Waals surface area contributed by atoms with Crippen molar-refractivity contribution in [2.45, 2.75) is 26.2 Å². The van der Waals surface area contributed by atoms with Crippen LogP contribution in [0.25, 0.3) is 22.3 Å². The van der Waals surface area contributed by atoms with Gasteiger partial charge in [0.25, 0.3) is 5.56 Å². The second kappa shape index (κ2) is 4.81. The van der Waals surface area contributed by atoms with Gasteiger partial charge in [-0.05, 0) is 12.1 Å². The van der Waals surface area contributed by atoms with Crippen molar-refractivity contribution in [3.63, 3.8) is 0 Å². The molecular weight excluding hydrogens is 262 g/mol. The van der Waals surface area contributed by atoms with Crippen LogP contribution in [0.4, 0.5) is 0 Å². The Morgan fingerprint density at radius 3 is 2.62 bits per heavy atom. The van der Waals surface area contributed by atoms with Gasteiger partial charge < -0.3 is 4.98 Å². The minimum absolute atomic E-state index is 0.141. The third kappa shape index (κ3) is 2.57. The van der Waals surface area contributed by atoms with Crippen LogP contribution in [-0.2, 0) is 5.41 Å². The summed E-state index contributed by atoms with van der Waals surface area (Å²) in [6.07, 6.45) is 1.75. The van der Waals surface area contributed by atoms with E-state index in [0.717, 1.165) is 22.2 Å². The smallest absolute Gasteiger partial charge is 0.251 e. The predicted molar refractivity (Wildman–Crippen MR) is 84.3 cm³/mol. The molecule has 0 radical (unpaired) electrons. The van der Waals surface area contributed by atoms with E-state index in [0.29, 0.717) is 5.82 Å². The van der Waals surface area contributed by atoms with Crippen LogP contribution in [-0.4, -0.2) is 15.0 Å². The largest absolute Gasteiger partial charge is 0.306 e. The standard InChI is InChI=1S/C17H17N3O/c1-17(2,3)13-10-14(21)20-16(19-13)12-8-4-6-11-7-5-9-18-15(11)12/h4-10H,1-3H3,(H,19,20,21). The van der Waals surface area contributed by atoms with Gasteiger partial charge in [0.1, 0.15) is 5.82 Å². The molecule has 4 nitrogen and oxygen atoms in total. The molecule has 3 aromatic rings. The number of H-pyrrole nitrogens is 1. The monoisotopic (exact) mass is 279 g/mol. The van der Waals surface area contributed by atoms with Crippen LogP contribution in [0.5, 0.6) is 0 Å². The molecule has 0 fully saturated rings. The molecule has 0 aliphatic carbocycles. The van der Waals surface area contributed by atoms with Crippen molar-refractivity contribution in [1.29, 1.82) is 0 Å². The van der Waals surface area contributed by atoms with Crippen molar-refractivity contribution < 1.29 is 0 Å². The molecule has 0 amide bonds. The Hall–Kier alpha value is -2.49. The van der Waals surface area contributed by atoms with Gasteiger partial charge in [-0.15, -0.1) is 0 Å². The number of para-hydroxylation sites is 1. The van der Waals surface area contributed by atoms with Crippen LogP contribution in [0, 0.1) is 0 Å². The second-order valence-electron chi connectivity index (χ2n) is 6.11. The summed E-state index contributed by atoms with van der Waals surface area (Å²) in [5, 5.41) is 1.03. The van der Waals surface area contributed by atoms with Gasteiger partial charge in [-0.2, -0.15) is 0 Å². The number of benzene rings is 1. The maximum atomic E-state index is 12.0. The SMILES string of the molecule is CC(C)(C)c1cc(=O)[nH]c(-c2cccc3cccnc23)n1. The lowest BCUT2D eigenvalue weighted by Crippen LogP contribution is -2.20. The fourth-order valence-corrected chi connectivity index (χ4v) is 2.26. The highest BCUT2D eigenvalue weighted by molar-refractivity contribution is 5.91. The Morgan fingerprint density at radius 1 is 1.10 bits per heavy atom. The quantitative estimate of drug-likeness (QED) is 0.743. The molecule has 0 aliphatic heterocycles.